The Morgan fingerprint density at radius 3 is 2.76 bits per heavy atom. The maximum atomic E-state index is 6.91. The lowest BCUT2D eigenvalue weighted by molar-refractivity contribution is 0.0793. The first kappa shape index (κ1) is 15.0. The van der Waals surface area contributed by atoms with E-state index >= 15 is 0 Å². The summed E-state index contributed by atoms with van der Waals surface area (Å²) in [5, 5.41) is 1.20. The van der Waals surface area contributed by atoms with Crippen LogP contribution < -0.4 is 5.73 Å². The van der Waals surface area contributed by atoms with Crippen molar-refractivity contribution < 1.29 is 0 Å². The van der Waals surface area contributed by atoms with Crippen LogP contribution in [0, 0.1) is 11.3 Å². The Labute approximate surface area is 131 Å². The van der Waals surface area contributed by atoms with Gasteiger partial charge in [0, 0.05) is 12.0 Å². The Morgan fingerprint density at radius 2 is 2.05 bits per heavy atom. The molecular formula is C18H26N2S. The maximum Gasteiger partial charge on any atom is 0.0957 e. The van der Waals surface area contributed by atoms with Crippen LogP contribution in [0.3, 0.4) is 0 Å². The summed E-state index contributed by atoms with van der Waals surface area (Å²) in [5.41, 5.74) is 8.20. The van der Waals surface area contributed by atoms with Gasteiger partial charge >= 0.3 is 0 Å². The summed E-state index contributed by atoms with van der Waals surface area (Å²) in [6.07, 6.45) is 5.89. The summed E-state index contributed by atoms with van der Waals surface area (Å²) in [5.74, 6) is 0.575. The first-order valence-electron chi connectivity index (χ1n) is 8.02. The minimum atomic E-state index is -0.0929. The van der Waals surface area contributed by atoms with Crippen molar-refractivity contribution >= 4 is 21.6 Å². The molecule has 1 aliphatic rings. The van der Waals surface area contributed by atoms with Crippen LogP contribution in [0.25, 0.3) is 10.2 Å². The molecule has 0 aliphatic heterocycles. The number of thiazole rings is 1. The average Bonchev–Trinajstić information content (AvgIpc) is 2.78. The molecule has 2 atom stereocenters. The molecule has 0 saturated heterocycles. The number of aromatic nitrogens is 1. The van der Waals surface area contributed by atoms with Crippen LogP contribution in [0.1, 0.15) is 51.5 Å². The summed E-state index contributed by atoms with van der Waals surface area (Å²) in [7, 11) is 0. The molecule has 1 aliphatic carbocycles. The fourth-order valence-electron chi connectivity index (χ4n) is 4.05. The van der Waals surface area contributed by atoms with E-state index in [4.69, 9.17) is 10.7 Å². The zero-order valence-corrected chi connectivity index (χ0v) is 14.2. The number of rotatable bonds is 2. The molecule has 2 unspecified atom stereocenters. The monoisotopic (exact) mass is 302 g/mol. The molecule has 1 fully saturated rings. The molecule has 3 rings (SSSR count). The fourth-order valence-corrected chi connectivity index (χ4v) is 5.15. The van der Waals surface area contributed by atoms with E-state index in [9.17, 15) is 0 Å². The Bertz CT molecular complexity index is 592. The third-order valence-electron chi connectivity index (χ3n) is 4.94. The van der Waals surface area contributed by atoms with Crippen LogP contribution in [0.15, 0.2) is 24.3 Å². The van der Waals surface area contributed by atoms with E-state index in [-0.39, 0.29) is 11.0 Å². The standard InChI is InChI=1S/C18H26N2S/c1-17(2,3)15-10-6-7-11-18(15,19)12-16-20-13-8-4-5-9-14(13)21-16/h4-5,8-9,15H,6-7,10-12,19H2,1-3H3. The van der Waals surface area contributed by atoms with E-state index in [1.165, 1.54) is 29.0 Å². The van der Waals surface area contributed by atoms with E-state index in [2.05, 4.69) is 45.0 Å². The molecular weight excluding hydrogens is 276 g/mol. The number of hydrogen-bond acceptors (Lipinski definition) is 3. The van der Waals surface area contributed by atoms with Gasteiger partial charge in [-0.05, 0) is 36.3 Å². The summed E-state index contributed by atoms with van der Waals surface area (Å²) < 4.78 is 1.28. The zero-order chi connectivity index (χ0) is 15.1. The molecule has 114 valence electrons. The van der Waals surface area contributed by atoms with Crippen LogP contribution in [0.5, 0.6) is 0 Å². The van der Waals surface area contributed by atoms with Crippen LogP contribution in [-0.2, 0) is 6.42 Å². The SMILES string of the molecule is CC(C)(C)C1CCCCC1(N)Cc1nc2ccccc2s1. The van der Waals surface area contributed by atoms with Gasteiger partial charge in [-0.15, -0.1) is 11.3 Å². The maximum absolute atomic E-state index is 6.91. The number of nitrogens with zero attached hydrogens (tertiary/aromatic N) is 1. The summed E-state index contributed by atoms with van der Waals surface area (Å²) in [6.45, 7) is 7.01. The molecule has 21 heavy (non-hydrogen) atoms. The molecule has 0 radical (unpaired) electrons. The quantitative estimate of drug-likeness (QED) is 0.867. The molecule has 0 spiro atoms. The molecule has 3 heteroatoms. The number of benzene rings is 1. The number of hydrogen-bond donors (Lipinski definition) is 1. The van der Waals surface area contributed by atoms with Crippen molar-refractivity contribution in [3.63, 3.8) is 0 Å². The molecule has 1 aromatic heterocycles. The van der Waals surface area contributed by atoms with Gasteiger partial charge in [-0.25, -0.2) is 4.98 Å². The highest BCUT2D eigenvalue weighted by atomic mass is 32.1. The van der Waals surface area contributed by atoms with Gasteiger partial charge in [0.05, 0.1) is 15.2 Å². The third-order valence-corrected chi connectivity index (χ3v) is 5.98. The molecule has 2 aromatic rings. The molecule has 2 N–H and O–H groups in total. The van der Waals surface area contributed by atoms with Crippen molar-refractivity contribution in [2.45, 2.75) is 58.4 Å². The number of nitrogens with two attached hydrogens (primary N) is 1. The van der Waals surface area contributed by atoms with Gasteiger partial charge in [0.15, 0.2) is 0 Å². The normalized spacial score (nSPS) is 27.1. The lowest BCUT2D eigenvalue weighted by Crippen LogP contribution is -2.55. The smallest absolute Gasteiger partial charge is 0.0957 e. The van der Waals surface area contributed by atoms with Crippen LogP contribution >= 0.6 is 11.3 Å². The second kappa shape index (κ2) is 5.36. The average molecular weight is 302 g/mol. The van der Waals surface area contributed by atoms with Crippen molar-refractivity contribution in [3.8, 4) is 0 Å². The molecule has 0 amide bonds. The highest BCUT2D eigenvalue weighted by molar-refractivity contribution is 7.18. The Hall–Kier alpha value is -0.930. The van der Waals surface area contributed by atoms with Gasteiger partial charge in [0.1, 0.15) is 0 Å². The largest absolute Gasteiger partial charge is 0.324 e. The predicted molar refractivity (Wildman–Crippen MR) is 91.7 cm³/mol. The number of para-hydroxylation sites is 1. The Balaban J connectivity index is 1.89. The zero-order valence-electron chi connectivity index (χ0n) is 13.4. The summed E-state index contributed by atoms with van der Waals surface area (Å²) in [6, 6.07) is 8.39. The second-order valence-corrected chi connectivity index (χ2v) is 8.76. The van der Waals surface area contributed by atoms with E-state index in [0.717, 1.165) is 18.4 Å². The molecule has 1 heterocycles. The Kier molecular flexibility index (Phi) is 3.83. The van der Waals surface area contributed by atoms with E-state index in [1.807, 2.05) is 11.3 Å². The van der Waals surface area contributed by atoms with Crippen LogP contribution in [0.4, 0.5) is 0 Å². The highest BCUT2D eigenvalue weighted by Crippen LogP contribution is 2.45. The molecule has 1 saturated carbocycles. The molecule has 2 nitrogen and oxygen atoms in total. The lowest BCUT2D eigenvalue weighted by Gasteiger charge is -2.47. The first-order chi connectivity index (χ1) is 9.88. The van der Waals surface area contributed by atoms with Crippen molar-refractivity contribution in [2.75, 3.05) is 0 Å². The van der Waals surface area contributed by atoms with Gasteiger partial charge < -0.3 is 5.73 Å². The van der Waals surface area contributed by atoms with Crippen molar-refractivity contribution in [3.05, 3.63) is 29.3 Å². The van der Waals surface area contributed by atoms with Gasteiger partial charge in [-0.3, -0.25) is 0 Å². The van der Waals surface area contributed by atoms with Gasteiger partial charge in [0.25, 0.3) is 0 Å². The Morgan fingerprint density at radius 1 is 1.29 bits per heavy atom. The number of fused-ring (bicyclic) bond motifs is 1. The second-order valence-electron chi connectivity index (χ2n) is 7.65. The highest BCUT2D eigenvalue weighted by Gasteiger charge is 2.43. The molecule has 1 aromatic carbocycles. The van der Waals surface area contributed by atoms with Crippen LogP contribution in [0.2, 0.25) is 0 Å². The molecule has 0 bridgehead atoms. The van der Waals surface area contributed by atoms with Crippen LogP contribution in [-0.4, -0.2) is 10.5 Å². The van der Waals surface area contributed by atoms with Crippen molar-refractivity contribution in [2.24, 2.45) is 17.1 Å². The third kappa shape index (κ3) is 3.00. The van der Waals surface area contributed by atoms with Gasteiger partial charge in [0.2, 0.25) is 0 Å². The topological polar surface area (TPSA) is 38.9 Å². The fraction of sp³-hybridized carbons (Fsp3) is 0.611. The summed E-state index contributed by atoms with van der Waals surface area (Å²) >= 11 is 1.81. The predicted octanol–water partition coefficient (Wildman–Crippen LogP) is 4.77. The van der Waals surface area contributed by atoms with Crippen molar-refractivity contribution in [1.82, 2.24) is 4.98 Å². The van der Waals surface area contributed by atoms with E-state index in [0.29, 0.717) is 5.92 Å². The van der Waals surface area contributed by atoms with E-state index in [1.54, 1.807) is 0 Å². The van der Waals surface area contributed by atoms with Gasteiger partial charge in [-0.2, -0.15) is 0 Å². The van der Waals surface area contributed by atoms with Gasteiger partial charge in [-0.1, -0.05) is 45.7 Å². The summed E-state index contributed by atoms with van der Waals surface area (Å²) in [4.78, 5) is 4.81. The van der Waals surface area contributed by atoms with E-state index < -0.39 is 0 Å². The minimum Gasteiger partial charge on any atom is -0.324 e. The lowest BCUT2D eigenvalue weighted by atomic mass is 9.61. The minimum absolute atomic E-state index is 0.0929. The van der Waals surface area contributed by atoms with Crippen molar-refractivity contribution in [1.29, 1.82) is 0 Å². The first-order valence-corrected chi connectivity index (χ1v) is 8.83.